The molecule has 0 amide bonds. The highest BCUT2D eigenvalue weighted by Crippen LogP contribution is 2.50. The van der Waals surface area contributed by atoms with Gasteiger partial charge in [0.05, 0.1) is 17.1 Å². The maximum atomic E-state index is 5.32. The van der Waals surface area contributed by atoms with Gasteiger partial charge in [-0.3, -0.25) is 5.32 Å². The standard InChI is InChI=1S/C51H41N5/c1-4-15-34(16-5-1)35-27-29-37(30-28-35)50-52-49(36-17-6-2-7-18-36)53-51(54-50)38-19-14-22-40(31-38)56-46-26-13-11-24-42(46)44-32-43-41-23-10-12-25-45(41)55(47(43)33-48(44)56)39-20-8-3-9-21-39/h2-4,6-33,42,46,50-51,54H,1,5H2,(H,52,53). The molecule has 2 N–H and O–H groups in total. The maximum absolute atomic E-state index is 5.32. The number of hydrogen-bond donors (Lipinski definition) is 2. The summed E-state index contributed by atoms with van der Waals surface area (Å²) in [4.78, 5) is 7.87. The van der Waals surface area contributed by atoms with Crippen molar-refractivity contribution in [1.29, 1.82) is 0 Å². The number of fused-ring (bicyclic) bond motifs is 6. The summed E-state index contributed by atoms with van der Waals surface area (Å²) in [5.74, 6) is 1.13. The fraction of sp³-hybridized carbons (Fsp3) is 0.118. The molecule has 2 aliphatic heterocycles. The molecule has 0 fully saturated rings. The van der Waals surface area contributed by atoms with Gasteiger partial charge in [0.25, 0.3) is 0 Å². The first-order valence-corrected chi connectivity index (χ1v) is 19.8. The molecule has 0 saturated heterocycles. The van der Waals surface area contributed by atoms with E-state index >= 15 is 0 Å². The minimum Gasteiger partial charge on any atom is -0.350 e. The van der Waals surface area contributed by atoms with Gasteiger partial charge in [-0.15, -0.1) is 0 Å². The van der Waals surface area contributed by atoms with Crippen molar-refractivity contribution in [3.8, 4) is 5.69 Å². The number of benzene rings is 6. The highest BCUT2D eigenvalue weighted by molar-refractivity contribution is 6.11. The number of aliphatic imine (C=N–C) groups is 1. The van der Waals surface area contributed by atoms with Crippen LogP contribution in [0.3, 0.4) is 0 Å². The predicted molar refractivity (Wildman–Crippen MR) is 232 cm³/mol. The maximum Gasteiger partial charge on any atom is 0.131 e. The monoisotopic (exact) mass is 723 g/mol. The molecule has 0 spiro atoms. The molecular formula is C51H41N5. The van der Waals surface area contributed by atoms with Crippen LogP contribution in [0.4, 0.5) is 11.4 Å². The van der Waals surface area contributed by atoms with Crippen LogP contribution in [0.25, 0.3) is 33.1 Å². The number of para-hydroxylation sites is 2. The molecule has 1 aromatic heterocycles. The summed E-state index contributed by atoms with van der Waals surface area (Å²) in [6, 6.07) is 53.0. The van der Waals surface area contributed by atoms with Gasteiger partial charge in [0, 0.05) is 39.3 Å². The zero-order valence-corrected chi connectivity index (χ0v) is 31.0. The third kappa shape index (κ3) is 5.54. The van der Waals surface area contributed by atoms with Gasteiger partial charge in [-0.1, -0.05) is 146 Å². The molecule has 4 unspecified atom stereocenters. The van der Waals surface area contributed by atoms with Crippen LogP contribution >= 0.6 is 0 Å². The number of aromatic nitrogens is 1. The molecule has 11 rings (SSSR count). The van der Waals surface area contributed by atoms with Gasteiger partial charge < -0.3 is 14.8 Å². The summed E-state index contributed by atoms with van der Waals surface area (Å²) in [5.41, 5.74) is 13.3. The molecule has 3 heterocycles. The normalized spacial score (nSPS) is 21.1. The van der Waals surface area contributed by atoms with Gasteiger partial charge in [0.2, 0.25) is 0 Å². The fourth-order valence-electron chi connectivity index (χ4n) is 9.14. The second-order valence-corrected chi connectivity index (χ2v) is 15.1. The predicted octanol–water partition coefficient (Wildman–Crippen LogP) is 11.6. The van der Waals surface area contributed by atoms with Crippen LogP contribution in [-0.4, -0.2) is 16.4 Å². The van der Waals surface area contributed by atoms with E-state index in [1.54, 1.807) is 0 Å². The lowest BCUT2D eigenvalue weighted by Gasteiger charge is -2.33. The summed E-state index contributed by atoms with van der Waals surface area (Å²) >= 11 is 0. The molecule has 0 bridgehead atoms. The van der Waals surface area contributed by atoms with Crippen molar-refractivity contribution in [3.63, 3.8) is 0 Å². The van der Waals surface area contributed by atoms with E-state index in [9.17, 15) is 0 Å². The zero-order valence-electron chi connectivity index (χ0n) is 31.0. The number of nitrogens with zero attached hydrogens (tertiary/aromatic N) is 3. The Morgan fingerprint density at radius 2 is 1.39 bits per heavy atom. The summed E-state index contributed by atoms with van der Waals surface area (Å²) in [6.45, 7) is 0. The van der Waals surface area contributed by atoms with Gasteiger partial charge in [0.1, 0.15) is 18.2 Å². The molecular weight excluding hydrogens is 683 g/mol. The third-order valence-electron chi connectivity index (χ3n) is 11.8. The van der Waals surface area contributed by atoms with Crippen molar-refractivity contribution in [3.05, 3.63) is 216 Å². The molecule has 6 aromatic carbocycles. The molecule has 7 aromatic rings. The third-order valence-corrected chi connectivity index (χ3v) is 11.8. The second kappa shape index (κ2) is 13.6. The van der Waals surface area contributed by atoms with Crippen molar-refractivity contribution >= 4 is 44.6 Å². The van der Waals surface area contributed by atoms with E-state index in [4.69, 9.17) is 4.99 Å². The summed E-state index contributed by atoms with van der Waals surface area (Å²) < 4.78 is 2.42. The Morgan fingerprint density at radius 3 is 2.23 bits per heavy atom. The molecule has 4 atom stereocenters. The van der Waals surface area contributed by atoms with Gasteiger partial charge in [-0.2, -0.15) is 0 Å². The first-order valence-electron chi connectivity index (χ1n) is 19.8. The number of anilines is 2. The van der Waals surface area contributed by atoms with E-state index in [2.05, 4.69) is 208 Å². The van der Waals surface area contributed by atoms with E-state index in [1.165, 1.54) is 55.4 Å². The van der Waals surface area contributed by atoms with E-state index < -0.39 is 0 Å². The average Bonchev–Trinajstić information content (AvgIpc) is 3.78. The van der Waals surface area contributed by atoms with Crippen molar-refractivity contribution in [1.82, 2.24) is 15.2 Å². The minimum absolute atomic E-state index is 0.127. The van der Waals surface area contributed by atoms with Gasteiger partial charge in [-0.25, -0.2) is 4.99 Å². The highest BCUT2D eigenvalue weighted by Gasteiger charge is 2.39. The number of nitrogens with one attached hydrogen (secondary N) is 2. The highest BCUT2D eigenvalue weighted by atomic mass is 15.3. The van der Waals surface area contributed by atoms with Crippen molar-refractivity contribution in [2.45, 2.75) is 37.1 Å². The van der Waals surface area contributed by atoms with Crippen LogP contribution in [0.1, 0.15) is 58.9 Å². The largest absolute Gasteiger partial charge is 0.350 e. The lowest BCUT2D eigenvalue weighted by atomic mass is 9.90. The summed E-state index contributed by atoms with van der Waals surface area (Å²) in [7, 11) is 0. The summed E-state index contributed by atoms with van der Waals surface area (Å²) in [5, 5.41) is 10.2. The number of allylic oxidation sites excluding steroid dienone is 6. The van der Waals surface area contributed by atoms with Crippen LogP contribution in [-0.2, 0) is 0 Å². The van der Waals surface area contributed by atoms with Crippen molar-refractivity contribution < 1.29 is 0 Å². The van der Waals surface area contributed by atoms with E-state index in [1.807, 2.05) is 0 Å². The smallest absolute Gasteiger partial charge is 0.131 e. The van der Waals surface area contributed by atoms with E-state index in [-0.39, 0.29) is 24.3 Å². The van der Waals surface area contributed by atoms with Crippen LogP contribution in [0.2, 0.25) is 0 Å². The second-order valence-electron chi connectivity index (χ2n) is 15.1. The first-order chi connectivity index (χ1) is 27.8. The molecule has 2 aliphatic carbocycles. The topological polar surface area (TPSA) is 44.6 Å². The minimum atomic E-state index is -0.261. The van der Waals surface area contributed by atoms with Crippen LogP contribution < -0.4 is 15.5 Å². The quantitative estimate of drug-likeness (QED) is 0.180. The van der Waals surface area contributed by atoms with Gasteiger partial charge in [0.15, 0.2) is 0 Å². The molecule has 270 valence electrons. The number of rotatable bonds is 6. The van der Waals surface area contributed by atoms with Crippen LogP contribution in [0, 0.1) is 0 Å². The van der Waals surface area contributed by atoms with Gasteiger partial charge in [-0.05, 0) is 83.1 Å². The molecule has 56 heavy (non-hydrogen) atoms. The Morgan fingerprint density at radius 1 is 0.607 bits per heavy atom. The Hall–Kier alpha value is -6.69. The molecule has 0 radical (unpaired) electrons. The van der Waals surface area contributed by atoms with Gasteiger partial charge >= 0.3 is 0 Å². The Balaban J connectivity index is 1.01. The van der Waals surface area contributed by atoms with E-state index in [0.717, 1.165) is 35.5 Å². The Labute approximate surface area is 327 Å². The lowest BCUT2D eigenvalue weighted by molar-refractivity contribution is 0.409. The number of hydrogen-bond acceptors (Lipinski definition) is 4. The Bertz CT molecular complexity index is 2770. The molecule has 5 heteroatoms. The lowest BCUT2D eigenvalue weighted by Crippen LogP contribution is -2.45. The van der Waals surface area contributed by atoms with Crippen LogP contribution in [0.15, 0.2) is 193 Å². The van der Waals surface area contributed by atoms with Crippen molar-refractivity contribution in [2.75, 3.05) is 4.90 Å². The molecule has 4 aliphatic rings. The molecule has 5 nitrogen and oxygen atoms in total. The van der Waals surface area contributed by atoms with Crippen LogP contribution in [0.5, 0.6) is 0 Å². The summed E-state index contributed by atoms with van der Waals surface area (Å²) in [6.07, 6.45) is 17.8. The van der Waals surface area contributed by atoms with Crippen molar-refractivity contribution in [2.24, 2.45) is 4.99 Å². The Kier molecular flexibility index (Phi) is 7.92. The fourth-order valence-corrected chi connectivity index (χ4v) is 9.14. The molecule has 0 saturated carbocycles. The van der Waals surface area contributed by atoms with E-state index in [0.29, 0.717) is 0 Å². The first kappa shape index (κ1) is 32.7. The number of amidine groups is 1. The zero-order chi connectivity index (χ0) is 37.0. The average molecular weight is 724 g/mol. The SMILES string of the molecule is C1=CC2c3cc4c5ccccc5n(-c5ccccc5)c4cc3N(c3cccc(C4N=C(c5ccccc5)NC(c5ccc(C6=CCCC=C6)cc5)N4)c3)C2C=C1.